The Morgan fingerprint density at radius 2 is 1.75 bits per heavy atom. The topological polar surface area (TPSA) is 73.6 Å². The van der Waals surface area contributed by atoms with E-state index in [1.54, 1.807) is 22.5 Å². The largest absolute Gasteiger partial charge is 0.456 e. The second-order valence-corrected chi connectivity index (χ2v) is 12.0. The van der Waals surface area contributed by atoms with Crippen LogP contribution in [0.1, 0.15) is 24.0 Å². The number of fused-ring (bicyclic) bond motifs is 1. The van der Waals surface area contributed by atoms with Crippen molar-refractivity contribution in [3.05, 3.63) is 87.9 Å². The van der Waals surface area contributed by atoms with Gasteiger partial charge < -0.3 is 4.74 Å². The summed E-state index contributed by atoms with van der Waals surface area (Å²) in [5.74, 6) is 0.709. The van der Waals surface area contributed by atoms with Crippen LogP contribution in [-0.2, 0) is 16.6 Å². The minimum atomic E-state index is -3.95. The smallest absolute Gasteiger partial charge is 0.247 e. The summed E-state index contributed by atoms with van der Waals surface area (Å²) in [6, 6.07) is 21.3. The number of nitriles is 1. The second kappa shape index (κ2) is 10.4. The average molecular weight is 542 g/mol. The number of likely N-dealkylation sites (tertiary alicyclic amines) is 1. The van der Waals surface area contributed by atoms with Crippen molar-refractivity contribution >= 4 is 33.2 Å². The third-order valence-corrected chi connectivity index (χ3v) is 9.16. The van der Waals surface area contributed by atoms with Gasteiger partial charge in [-0.15, -0.1) is 0 Å². The quantitative estimate of drug-likeness (QED) is 0.385. The summed E-state index contributed by atoms with van der Waals surface area (Å²) < 4.78 is 35.7. The number of sulfonamides is 1. The van der Waals surface area contributed by atoms with Gasteiger partial charge in [0.1, 0.15) is 16.4 Å². The number of hydrogen-bond acceptors (Lipinski definition) is 5. The van der Waals surface area contributed by atoms with Crippen molar-refractivity contribution in [2.45, 2.75) is 30.3 Å². The van der Waals surface area contributed by atoms with Crippen molar-refractivity contribution in [3.8, 4) is 17.6 Å². The van der Waals surface area contributed by atoms with E-state index in [2.05, 4.69) is 17.0 Å². The van der Waals surface area contributed by atoms with Crippen LogP contribution in [0.15, 0.2) is 71.6 Å². The first-order valence-corrected chi connectivity index (χ1v) is 14.0. The molecule has 0 radical (unpaired) electrons. The predicted octanol–water partition coefficient (Wildman–Crippen LogP) is 5.94. The average Bonchev–Trinajstić information content (AvgIpc) is 3.26. The zero-order valence-electron chi connectivity index (χ0n) is 19.5. The SMILES string of the molecule is N#Cc1ccc(Oc2cc(Cl)cc(Cl)c2)c(S(=O)(=O)N2CCCC3CN(Cc4ccccc4)CC32)c1. The Balaban J connectivity index is 1.45. The molecule has 2 aliphatic rings. The number of rotatable bonds is 6. The molecule has 9 heteroatoms. The number of ether oxygens (including phenoxy) is 1. The van der Waals surface area contributed by atoms with E-state index in [0.29, 0.717) is 28.9 Å². The fourth-order valence-corrected chi connectivity index (χ4v) is 7.56. The van der Waals surface area contributed by atoms with Gasteiger partial charge in [-0.1, -0.05) is 53.5 Å². The zero-order chi connectivity index (χ0) is 25.3. The number of piperidine rings is 1. The molecule has 3 aromatic carbocycles. The van der Waals surface area contributed by atoms with E-state index in [-0.39, 0.29) is 28.2 Å². The lowest BCUT2D eigenvalue weighted by atomic mass is 9.94. The molecule has 5 rings (SSSR count). The van der Waals surface area contributed by atoms with Gasteiger partial charge in [0.05, 0.1) is 11.6 Å². The van der Waals surface area contributed by atoms with Gasteiger partial charge >= 0.3 is 0 Å². The van der Waals surface area contributed by atoms with Crippen LogP contribution >= 0.6 is 23.2 Å². The molecule has 3 aromatic rings. The summed E-state index contributed by atoms with van der Waals surface area (Å²) >= 11 is 12.2. The summed E-state index contributed by atoms with van der Waals surface area (Å²) in [7, 11) is -3.95. The maximum Gasteiger partial charge on any atom is 0.247 e. The lowest BCUT2D eigenvalue weighted by molar-refractivity contribution is 0.216. The van der Waals surface area contributed by atoms with Crippen molar-refractivity contribution in [1.29, 1.82) is 5.26 Å². The van der Waals surface area contributed by atoms with E-state index in [1.807, 2.05) is 24.3 Å². The van der Waals surface area contributed by atoms with Crippen LogP contribution in [-0.4, -0.2) is 43.3 Å². The van der Waals surface area contributed by atoms with Gasteiger partial charge in [-0.05, 0) is 60.7 Å². The first kappa shape index (κ1) is 25.1. The predicted molar refractivity (Wildman–Crippen MR) is 140 cm³/mol. The first-order chi connectivity index (χ1) is 17.3. The van der Waals surface area contributed by atoms with Crippen molar-refractivity contribution in [1.82, 2.24) is 9.21 Å². The van der Waals surface area contributed by atoms with Crippen LogP contribution in [0.5, 0.6) is 11.5 Å². The van der Waals surface area contributed by atoms with E-state index in [0.717, 1.165) is 25.9 Å². The molecule has 0 spiro atoms. The molecule has 2 heterocycles. The molecule has 2 saturated heterocycles. The molecule has 36 heavy (non-hydrogen) atoms. The maximum atomic E-state index is 14.1. The van der Waals surface area contributed by atoms with E-state index >= 15 is 0 Å². The molecule has 0 N–H and O–H groups in total. The molecule has 0 bridgehead atoms. The van der Waals surface area contributed by atoms with Gasteiger partial charge in [0, 0.05) is 42.3 Å². The summed E-state index contributed by atoms with van der Waals surface area (Å²) in [5.41, 5.74) is 1.46. The van der Waals surface area contributed by atoms with Gasteiger partial charge in [-0.3, -0.25) is 4.90 Å². The molecule has 2 aliphatic heterocycles. The van der Waals surface area contributed by atoms with Gasteiger partial charge in [0.2, 0.25) is 10.0 Å². The molecule has 0 amide bonds. The minimum absolute atomic E-state index is 0.0280. The molecule has 0 saturated carbocycles. The molecule has 2 atom stereocenters. The minimum Gasteiger partial charge on any atom is -0.456 e. The molecule has 0 aliphatic carbocycles. The normalized spacial score (nSPS) is 20.6. The second-order valence-electron chi connectivity index (χ2n) is 9.25. The van der Waals surface area contributed by atoms with Crippen molar-refractivity contribution < 1.29 is 13.2 Å². The van der Waals surface area contributed by atoms with E-state index in [1.165, 1.54) is 23.8 Å². The summed E-state index contributed by atoms with van der Waals surface area (Å²) in [6.07, 6.45) is 1.78. The van der Waals surface area contributed by atoms with E-state index < -0.39 is 10.0 Å². The number of hydrogen-bond donors (Lipinski definition) is 0. The molecule has 186 valence electrons. The maximum absolute atomic E-state index is 14.1. The number of benzene rings is 3. The highest BCUT2D eigenvalue weighted by molar-refractivity contribution is 7.89. The highest BCUT2D eigenvalue weighted by Gasteiger charge is 2.45. The lowest BCUT2D eigenvalue weighted by Crippen LogP contribution is -2.48. The Bertz CT molecular complexity index is 1390. The van der Waals surface area contributed by atoms with Crippen LogP contribution in [0.25, 0.3) is 0 Å². The summed E-state index contributed by atoms with van der Waals surface area (Å²) in [4.78, 5) is 2.30. The highest BCUT2D eigenvalue weighted by atomic mass is 35.5. The fourth-order valence-electron chi connectivity index (χ4n) is 5.20. The lowest BCUT2D eigenvalue weighted by Gasteiger charge is -2.36. The molecular weight excluding hydrogens is 517 g/mol. The van der Waals surface area contributed by atoms with Crippen molar-refractivity contribution in [3.63, 3.8) is 0 Å². The molecule has 2 unspecified atom stereocenters. The molecule has 2 fully saturated rings. The van der Waals surface area contributed by atoms with E-state index in [9.17, 15) is 13.7 Å². The van der Waals surface area contributed by atoms with Gasteiger partial charge in [0.25, 0.3) is 0 Å². The monoisotopic (exact) mass is 541 g/mol. The Hall–Kier alpha value is -2.60. The van der Waals surface area contributed by atoms with Gasteiger partial charge in [-0.25, -0.2) is 8.42 Å². The zero-order valence-corrected chi connectivity index (χ0v) is 21.8. The first-order valence-electron chi connectivity index (χ1n) is 11.8. The number of halogens is 2. The Kier molecular flexibility index (Phi) is 7.25. The van der Waals surface area contributed by atoms with E-state index in [4.69, 9.17) is 27.9 Å². The summed E-state index contributed by atoms with van der Waals surface area (Å²) in [6.45, 7) is 2.74. The fraction of sp³-hybridized carbons (Fsp3) is 0.296. The highest BCUT2D eigenvalue weighted by Crippen LogP contribution is 2.39. The molecule has 0 aromatic heterocycles. The Labute approximate surface area is 221 Å². The number of nitrogens with zero attached hydrogens (tertiary/aromatic N) is 3. The third-order valence-electron chi connectivity index (χ3n) is 6.78. The van der Waals surface area contributed by atoms with Crippen LogP contribution < -0.4 is 4.74 Å². The van der Waals surface area contributed by atoms with Crippen molar-refractivity contribution in [2.75, 3.05) is 19.6 Å². The third kappa shape index (κ3) is 5.24. The Morgan fingerprint density at radius 1 is 1.00 bits per heavy atom. The van der Waals surface area contributed by atoms with Crippen LogP contribution in [0, 0.1) is 17.2 Å². The molecule has 6 nitrogen and oxygen atoms in total. The standard InChI is InChI=1S/C27H25Cl2N3O3S/c28-22-12-23(29)14-24(13-22)35-26-9-8-20(15-30)11-27(26)36(33,34)32-10-4-7-21-17-31(18-25(21)32)16-19-5-2-1-3-6-19/h1-3,5-6,8-9,11-14,21,25H,4,7,10,16-18H2. The van der Waals surface area contributed by atoms with Crippen LogP contribution in [0.3, 0.4) is 0 Å². The molecular formula is C27H25Cl2N3O3S. The summed E-state index contributed by atoms with van der Waals surface area (Å²) in [5, 5.41) is 10.2. The van der Waals surface area contributed by atoms with Crippen LogP contribution in [0.2, 0.25) is 10.0 Å². The Morgan fingerprint density at radius 3 is 2.47 bits per heavy atom. The van der Waals surface area contributed by atoms with Gasteiger partial charge in [-0.2, -0.15) is 9.57 Å². The van der Waals surface area contributed by atoms with Crippen LogP contribution in [0.4, 0.5) is 0 Å². The van der Waals surface area contributed by atoms with Gasteiger partial charge in [0.15, 0.2) is 0 Å². The van der Waals surface area contributed by atoms with Crippen molar-refractivity contribution in [2.24, 2.45) is 5.92 Å².